The van der Waals surface area contributed by atoms with E-state index < -0.39 is 11.2 Å². The summed E-state index contributed by atoms with van der Waals surface area (Å²) in [5, 5.41) is 3.22. The van der Waals surface area contributed by atoms with Gasteiger partial charge in [0.25, 0.3) is 0 Å². The second-order valence-electron chi connectivity index (χ2n) is 7.24. The number of nitrogens with zero attached hydrogens (tertiary/aromatic N) is 3. The molecule has 1 aliphatic carbocycles. The predicted octanol–water partition coefficient (Wildman–Crippen LogP) is 2.76. The van der Waals surface area contributed by atoms with Crippen LogP contribution in [0.4, 0.5) is 10.3 Å². The molecule has 1 aromatic carbocycles. The topological polar surface area (TPSA) is 67.3 Å². The number of methoxy groups -OCH3 is 1. The molecule has 1 saturated carbocycles. The van der Waals surface area contributed by atoms with E-state index >= 15 is 0 Å². The van der Waals surface area contributed by atoms with Crippen LogP contribution in [0.15, 0.2) is 36.7 Å². The van der Waals surface area contributed by atoms with E-state index in [0.717, 1.165) is 55.9 Å². The number of para-hydroxylation sites is 1. The number of halogens is 1. The number of rotatable bonds is 5. The molecular formula is C20H23FN4O2. The first kappa shape index (κ1) is 17.7. The van der Waals surface area contributed by atoms with Crippen LogP contribution in [-0.2, 0) is 10.2 Å². The molecular weight excluding hydrogens is 347 g/mol. The van der Waals surface area contributed by atoms with Crippen LogP contribution in [0.1, 0.15) is 31.2 Å². The van der Waals surface area contributed by atoms with Gasteiger partial charge in [-0.1, -0.05) is 18.2 Å². The SMILES string of the molecule is COc1ccccc1C1(C(=O)N2CCCC(Nc3ncc(F)cn3)C2)CC1. The summed E-state index contributed by atoms with van der Waals surface area (Å²) >= 11 is 0. The van der Waals surface area contributed by atoms with Crippen LogP contribution in [0.2, 0.25) is 0 Å². The Hall–Kier alpha value is -2.70. The Labute approximate surface area is 157 Å². The molecule has 27 heavy (non-hydrogen) atoms. The highest BCUT2D eigenvalue weighted by Gasteiger charge is 2.54. The van der Waals surface area contributed by atoms with Gasteiger partial charge in [0.15, 0.2) is 5.82 Å². The molecule has 1 unspecified atom stereocenters. The van der Waals surface area contributed by atoms with Crippen molar-refractivity contribution in [2.75, 3.05) is 25.5 Å². The zero-order valence-electron chi connectivity index (χ0n) is 15.3. The Morgan fingerprint density at radius 1 is 1.30 bits per heavy atom. The molecule has 4 rings (SSSR count). The maximum Gasteiger partial charge on any atom is 0.233 e. The minimum atomic E-state index is -0.464. The third kappa shape index (κ3) is 3.46. The first-order chi connectivity index (χ1) is 13.1. The van der Waals surface area contributed by atoms with Gasteiger partial charge >= 0.3 is 0 Å². The van der Waals surface area contributed by atoms with Crippen molar-refractivity contribution in [2.24, 2.45) is 0 Å². The summed E-state index contributed by atoms with van der Waals surface area (Å²) in [6, 6.07) is 7.84. The molecule has 1 aliphatic heterocycles. The molecule has 1 saturated heterocycles. The fourth-order valence-corrected chi connectivity index (χ4v) is 3.91. The summed E-state index contributed by atoms with van der Waals surface area (Å²) in [6.07, 6.45) is 5.81. The van der Waals surface area contributed by atoms with E-state index in [2.05, 4.69) is 15.3 Å². The van der Waals surface area contributed by atoms with Crippen molar-refractivity contribution in [3.63, 3.8) is 0 Å². The number of nitrogens with one attached hydrogen (secondary N) is 1. The number of ether oxygens (including phenoxy) is 1. The van der Waals surface area contributed by atoms with E-state index in [9.17, 15) is 9.18 Å². The molecule has 0 spiro atoms. The lowest BCUT2D eigenvalue weighted by molar-refractivity contribution is -0.135. The Morgan fingerprint density at radius 3 is 2.74 bits per heavy atom. The highest BCUT2D eigenvalue weighted by atomic mass is 19.1. The Morgan fingerprint density at radius 2 is 2.04 bits per heavy atom. The van der Waals surface area contributed by atoms with Crippen molar-refractivity contribution in [1.29, 1.82) is 0 Å². The van der Waals surface area contributed by atoms with Gasteiger partial charge in [-0.25, -0.2) is 14.4 Å². The molecule has 2 fully saturated rings. The molecule has 1 N–H and O–H groups in total. The van der Waals surface area contributed by atoms with Crippen molar-refractivity contribution in [3.05, 3.63) is 48.0 Å². The quantitative estimate of drug-likeness (QED) is 0.877. The van der Waals surface area contributed by atoms with Crippen LogP contribution in [0.25, 0.3) is 0 Å². The summed E-state index contributed by atoms with van der Waals surface area (Å²) in [4.78, 5) is 23.2. The maximum absolute atomic E-state index is 13.4. The summed E-state index contributed by atoms with van der Waals surface area (Å²) in [7, 11) is 1.64. The molecule has 2 aliphatic rings. The van der Waals surface area contributed by atoms with E-state index in [4.69, 9.17) is 4.74 Å². The summed E-state index contributed by atoms with van der Waals surface area (Å²) in [5.41, 5.74) is 0.524. The first-order valence-electron chi connectivity index (χ1n) is 9.29. The van der Waals surface area contributed by atoms with Gasteiger partial charge in [0, 0.05) is 24.7 Å². The fraction of sp³-hybridized carbons (Fsp3) is 0.450. The zero-order chi connectivity index (χ0) is 18.9. The normalized spacial score (nSPS) is 20.8. The van der Waals surface area contributed by atoms with E-state index in [-0.39, 0.29) is 11.9 Å². The van der Waals surface area contributed by atoms with Crippen molar-refractivity contribution in [2.45, 2.75) is 37.1 Å². The first-order valence-corrected chi connectivity index (χ1v) is 9.29. The summed E-state index contributed by atoms with van der Waals surface area (Å²) in [6.45, 7) is 1.34. The largest absolute Gasteiger partial charge is 0.496 e. The van der Waals surface area contributed by atoms with Crippen LogP contribution in [0, 0.1) is 5.82 Å². The van der Waals surface area contributed by atoms with Crippen molar-refractivity contribution < 1.29 is 13.9 Å². The standard InChI is InChI=1S/C20H23FN4O2/c1-27-17-7-3-2-6-16(17)20(8-9-20)18(26)25-10-4-5-15(13-25)24-19-22-11-14(21)12-23-19/h2-3,6-7,11-12,15H,4-5,8-10,13H2,1H3,(H,22,23,24). The van der Waals surface area contributed by atoms with Crippen LogP contribution in [-0.4, -0.2) is 47.0 Å². The second-order valence-corrected chi connectivity index (χ2v) is 7.24. The van der Waals surface area contributed by atoms with Gasteiger partial charge in [-0.2, -0.15) is 0 Å². The van der Waals surface area contributed by atoms with Gasteiger partial charge in [0.05, 0.1) is 24.9 Å². The highest BCUT2D eigenvalue weighted by molar-refractivity contribution is 5.92. The predicted molar refractivity (Wildman–Crippen MR) is 99.1 cm³/mol. The van der Waals surface area contributed by atoms with E-state index in [1.807, 2.05) is 29.2 Å². The maximum atomic E-state index is 13.4. The number of aromatic nitrogens is 2. The number of hydrogen-bond donors (Lipinski definition) is 1. The van der Waals surface area contributed by atoms with E-state index in [0.29, 0.717) is 12.5 Å². The third-order valence-electron chi connectivity index (χ3n) is 5.44. The average molecular weight is 370 g/mol. The molecule has 0 radical (unpaired) electrons. The molecule has 1 atom stereocenters. The van der Waals surface area contributed by atoms with Gasteiger partial charge in [-0.05, 0) is 31.7 Å². The number of carbonyl (C=O) groups excluding carboxylic acids is 1. The van der Waals surface area contributed by atoms with Crippen LogP contribution < -0.4 is 10.1 Å². The lowest BCUT2D eigenvalue weighted by Crippen LogP contribution is -2.49. The number of carbonyl (C=O) groups is 1. The average Bonchev–Trinajstić information content (AvgIpc) is 3.51. The van der Waals surface area contributed by atoms with E-state index in [1.165, 1.54) is 0 Å². The fourth-order valence-electron chi connectivity index (χ4n) is 3.91. The molecule has 142 valence electrons. The zero-order valence-corrected chi connectivity index (χ0v) is 15.3. The molecule has 2 heterocycles. The second kappa shape index (κ2) is 7.13. The van der Waals surface area contributed by atoms with Crippen molar-refractivity contribution in [3.8, 4) is 5.75 Å². The van der Waals surface area contributed by atoms with Crippen LogP contribution >= 0.6 is 0 Å². The highest BCUT2D eigenvalue weighted by Crippen LogP contribution is 2.52. The monoisotopic (exact) mass is 370 g/mol. The summed E-state index contributed by atoms with van der Waals surface area (Å²) in [5.74, 6) is 0.864. The minimum Gasteiger partial charge on any atom is -0.496 e. The number of hydrogen-bond acceptors (Lipinski definition) is 5. The number of piperidine rings is 1. The third-order valence-corrected chi connectivity index (χ3v) is 5.44. The van der Waals surface area contributed by atoms with Gasteiger partial charge in [-0.3, -0.25) is 4.79 Å². The Balaban J connectivity index is 1.48. The number of amides is 1. The van der Waals surface area contributed by atoms with Crippen LogP contribution in [0.5, 0.6) is 5.75 Å². The lowest BCUT2D eigenvalue weighted by Gasteiger charge is -2.35. The van der Waals surface area contributed by atoms with Crippen molar-refractivity contribution >= 4 is 11.9 Å². The van der Waals surface area contributed by atoms with Gasteiger partial charge < -0.3 is 15.0 Å². The van der Waals surface area contributed by atoms with E-state index in [1.54, 1.807) is 7.11 Å². The molecule has 7 heteroatoms. The minimum absolute atomic E-state index is 0.0571. The number of anilines is 1. The van der Waals surface area contributed by atoms with Crippen LogP contribution in [0.3, 0.4) is 0 Å². The number of benzene rings is 1. The summed E-state index contributed by atoms with van der Waals surface area (Å²) < 4.78 is 18.5. The molecule has 1 aromatic heterocycles. The Kier molecular flexibility index (Phi) is 4.68. The van der Waals surface area contributed by atoms with Crippen molar-refractivity contribution in [1.82, 2.24) is 14.9 Å². The number of likely N-dealkylation sites (tertiary alicyclic amines) is 1. The molecule has 1 amide bonds. The van der Waals surface area contributed by atoms with Gasteiger partial charge in [-0.15, -0.1) is 0 Å². The Bertz CT molecular complexity index is 823. The molecule has 2 aromatic rings. The lowest BCUT2D eigenvalue weighted by atomic mass is 9.92. The smallest absolute Gasteiger partial charge is 0.233 e. The molecule has 6 nitrogen and oxygen atoms in total. The molecule has 0 bridgehead atoms. The van der Waals surface area contributed by atoms with Gasteiger partial charge in [0.1, 0.15) is 5.75 Å². The van der Waals surface area contributed by atoms with Gasteiger partial charge in [0.2, 0.25) is 11.9 Å².